The van der Waals surface area contributed by atoms with Crippen LogP contribution in [0.4, 0.5) is 0 Å². The van der Waals surface area contributed by atoms with Gasteiger partial charge < -0.3 is 4.57 Å². The summed E-state index contributed by atoms with van der Waals surface area (Å²) in [5, 5.41) is 12.3. The Kier molecular flexibility index (Phi) is 6.60. The van der Waals surface area contributed by atoms with Gasteiger partial charge >= 0.3 is 0 Å². The molecule has 0 saturated heterocycles. The van der Waals surface area contributed by atoms with Gasteiger partial charge in [-0.15, -0.1) is 0 Å². The maximum atomic E-state index is 5.26. The van der Waals surface area contributed by atoms with E-state index in [0.717, 1.165) is 28.1 Å². The Bertz CT molecular complexity index is 3500. The Balaban J connectivity index is 1.00. The molecule has 0 spiro atoms. The molecule has 9 aromatic carbocycles. The van der Waals surface area contributed by atoms with Gasteiger partial charge in [-0.2, -0.15) is 0 Å². The average Bonchev–Trinajstić information content (AvgIpc) is 3.79. The van der Waals surface area contributed by atoms with E-state index in [4.69, 9.17) is 9.97 Å². The normalized spacial score (nSPS) is 11.9. The van der Waals surface area contributed by atoms with Crippen molar-refractivity contribution in [1.82, 2.24) is 19.1 Å². The van der Waals surface area contributed by atoms with E-state index < -0.39 is 0 Å². The fraction of sp³-hybridized carbons (Fsp3) is 0. The van der Waals surface area contributed by atoms with Crippen molar-refractivity contribution >= 4 is 75.9 Å². The lowest BCUT2D eigenvalue weighted by Gasteiger charge is -2.12. The third-order valence-corrected chi connectivity index (χ3v) is 11.6. The molecular formula is C52H32N4. The molecule has 0 amide bonds. The van der Waals surface area contributed by atoms with Crippen LogP contribution in [0.5, 0.6) is 0 Å². The van der Waals surface area contributed by atoms with Crippen molar-refractivity contribution in [2.75, 3.05) is 0 Å². The summed E-state index contributed by atoms with van der Waals surface area (Å²) in [5.41, 5.74) is 9.15. The smallest absolute Gasteiger partial charge is 0.161 e. The molecule has 0 bridgehead atoms. The molecule has 0 aliphatic carbocycles. The lowest BCUT2D eigenvalue weighted by molar-refractivity contribution is 1.04. The molecule has 0 aliphatic heterocycles. The first-order chi connectivity index (χ1) is 27.8. The lowest BCUT2D eigenvalue weighted by atomic mass is 9.93. The number of hydrogen-bond donors (Lipinski definition) is 0. The summed E-state index contributed by atoms with van der Waals surface area (Å²) in [6.45, 7) is 0. The Morgan fingerprint density at radius 1 is 0.304 bits per heavy atom. The quantitative estimate of drug-likeness (QED) is 0.170. The Labute approximate surface area is 322 Å². The molecule has 12 rings (SSSR count). The van der Waals surface area contributed by atoms with E-state index in [0.29, 0.717) is 5.82 Å². The fourth-order valence-electron chi connectivity index (χ4n) is 9.07. The van der Waals surface area contributed by atoms with Gasteiger partial charge in [0.05, 0.1) is 22.1 Å². The van der Waals surface area contributed by atoms with E-state index in [1.165, 1.54) is 76.0 Å². The molecule has 0 fully saturated rings. The van der Waals surface area contributed by atoms with Crippen molar-refractivity contribution in [2.45, 2.75) is 0 Å². The SMILES string of the molecule is c1ccc(-n2c3ccccc3c3cc(-c4ccc5c(c4)c4ccccc4n5-c4ccnc(-c5ccc6c7ccccc7c7ccccc7c6c5)n4)ccc32)cc1. The molecule has 3 aromatic heterocycles. The van der Waals surface area contributed by atoms with E-state index in [1.54, 1.807) is 0 Å². The highest BCUT2D eigenvalue weighted by Gasteiger charge is 2.18. The predicted octanol–water partition coefficient (Wildman–Crippen LogP) is 13.5. The number of benzene rings is 9. The Morgan fingerprint density at radius 2 is 0.750 bits per heavy atom. The van der Waals surface area contributed by atoms with E-state index in [-0.39, 0.29) is 0 Å². The number of para-hydroxylation sites is 3. The highest BCUT2D eigenvalue weighted by atomic mass is 15.1. The number of aromatic nitrogens is 4. The van der Waals surface area contributed by atoms with E-state index in [9.17, 15) is 0 Å². The zero-order valence-corrected chi connectivity index (χ0v) is 30.3. The zero-order chi connectivity index (χ0) is 36.7. The van der Waals surface area contributed by atoms with E-state index in [1.807, 2.05) is 12.3 Å². The molecule has 12 aromatic rings. The topological polar surface area (TPSA) is 35.6 Å². The van der Waals surface area contributed by atoms with Crippen LogP contribution in [0.1, 0.15) is 0 Å². The third kappa shape index (κ3) is 4.53. The highest BCUT2D eigenvalue weighted by Crippen LogP contribution is 2.39. The minimum absolute atomic E-state index is 0.701. The molecule has 0 aliphatic rings. The van der Waals surface area contributed by atoms with Gasteiger partial charge in [-0.3, -0.25) is 4.57 Å². The molecule has 0 saturated carbocycles. The van der Waals surface area contributed by atoms with Crippen LogP contribution in [0.3, 0.4) is 0 Å². The lowest BCUT2D eigenvalue weighted by Crippen LogP contribution is -2.00. The number of rotatable bonds is 4. The van der Waals surface area contributed by atoms with Crippen LogP contribution in [0.2, 0.25) is 0 Å². The van der Waals surface area contributed by atoms with Gasteiger partial charge in [-0.25, -0.2) is 9.97 Å². The van der Waals surface area contributed by atoms with Gasteiger partial charge in [0.15, 0.2) is 5.82 Å². The first-order valence-electron chi connectivity index (χ1n) is 19.1. The first-order valence-corrected chi connectivity index (χ1v) is 19.1. The fourth-order valence-corrected chi connectivity index (χ4v) is 9.07. The standard InChI is InChI=1S/C52H32N4/c1-2-12-36(13-3-1)55-47-20-10-8-18-42(47)45-30-33(23-26-49(45)55)34-24-27-50-46(31-34)43-19-9-11-21-48(43)56(50)51-28-29-53-52(54-51)35-22-25-41-39-16-5-4-14-37(39)38-15-6-7-17-40(38)44(41)32-35/h1-32H. The van der Waals surface area contributed by atoms with Crippen LogP contribution in [0, 0.1) is 0 Å². The molecule has 4 heteroatoms. The van der Waals surface area contributed by atoms with Gasteiger partial charge in [0.25, 0.3) is 0 Å². The van der Waals surface area contributed by atoms with Crippen LogP contribution in [-0.2, 0) is 0 Å². The highest BCUT2D eigenvalue weighted by molar-refractivity contribution is 6.25. The second-order valence-corrected chi connectivity index (χ2v) is 14.6. The van der Waals surface area contributed by atoms with Crippen molar-refractivity contribution in [1.29, 1.82) is 0 Å². The van der Waals surface area contributed by atoms with Crippen LogP contribution in [0.25, 0.3) is 110 Å². The van der Waals surface area contributed by atoms with E-state index >= 15 is 0 Å². The molecule has 3 heterocycles. The second kappa shape index (κ2) is 12.0. The second-order valence-electron chi connectivity index (χ2n) is 14.6. The number of hydrogen-bond acceptors (Lipinski definition) is 2. The van der Waals surface area contributed by atoms with Crippen molar-refractivity contribution in [3.8, 4) is 34.0 Å². The van der Waals surface area contributed by atoms with Crippen LogP contribution < -0.4 is 0 Å². The molecule has 0 N–H and O–H groups in total. The average molecular weight is 713 g/mol. The van der Waals surface area contributed by atoms with Crippen LogP contribution in [0.15, 0.2) is 194 Å². The molecule has 0 unspecified atom stereocenters. The maximum Gasteiger partial charge on any atom is 0.161 e. The van der Waals surface area contributed by atoms with Crippen molar-refractivity contribution < 1.29 is 0 Å². The maximum absolute atomic E-state index is 5.26. The molecule has 0 radical (unpaired) electrons. The minimum atomic E-state index is 0.701. The van der Waals surface area contributed by atoms with Gasteiger partial charge in [0, 0.05) is 39.0 Å². The van der Waals surface area contributed by atoms with Gasteiger partial charge in [0.1, 0.15) is 5.82 Å². The molecule has 260 valence electrons. The van der Waals surface area contributed by atoms with Gasteiger partial charge in [0.2, 0.25) is 0 Å². The van der Waals surface area contributed by atoms with Crippen molar-refractivity contribution in [3.05, 3.63) is 194 Å². The number of fused-ring (bicyclic) bond motifs is 12. The summed E-state index contributed by atoms with van der Waals surface area (Å²) in [5.74, 6) is 1.54. The third-order valence-electron chi connectivity index (χ3n) is 11.6. The van der Waals surface area contributed by atoms with Crippen LogP contribution >= 0.6 is 0 Å². The van der Waals surface area contributed by atoms with Gasteiger partial charge in [-0.1, -0.05) is 127 Å². The first kappa shape index (κ1) is 30.9. The van der Waals surface area contributed by atoms with Crippen molar-refractivity contribution in [3.63, 3.8) is 0 Å². The summed E-state index contributed by atoms with van der Waals surface area (Å²) in [7, 11) is 0. The minimum Gasteiger partial charge on any atom is -0.309 e. The number of nitrogens with zero attached hydrogens (tertiary/aromatic N) is 4. The molecule has 0 atom stereocenters. The largest absolute Gasteiger partial charge is 0.309 e. The van der Waals surface area contributed by atoms with Crippen molar-refractivity contribution in [2.24, 2.45) is 0 Å². The molecule has 56 heavy (non-hydrogen) atoms. The van der Waals surface area contributed by atoms with Gasteiger partial charge in [-0.05, 0) is 104 Å². The van der Waals surface area contributed by atoms with Crippen LogP contribution in [-0.4, -0.2) is 19.1 Å². The molecule has 4 nitrogen and oxygen atoms in total. The van der Waals surface area contributed by atoms with E-state index in [2.05, 4.69) is 191 Å². The zero-order valence-electron chi connectivity index (χ0n) is 30.3. The predicted molar refractivity (Wildman–Crippen MR) is 234 cm³/mol. The summed E-state index contributed by atoms with van der Waals surface area (Å²) < 4.78 is 4.64. The molecular weight excluding hydrogens is 681 g/mol. The summed E-state index contributed by atoms with van der Waals surface area (Å²) in [6, 6.07) is 67.7. The summed E-state index contributed by atoms with van der Waals surface area (Å²) in [4.78, 5) is 10.1. The summed E-state index contributed by atoms with van der Waals surface area (Å²) in [6.07, 6.45) is 1.89. The summed E-state index contributed by atoms with van der Waals surface area (Å²) >= 11 is 0. The Hall–Kier alpha value is -7.56. The Morgan fingerprint density at radius 3 is 1.38 bits per heavy atom. The monoisotopic (exact) mass is 712 g/mol.